The van der Waals surface area contributed by atoms with Crippen LogP contribution >= 0.6 is 0 Å². The second-order valence-corrected chi connectivity index (χ2v) is 5.58. The van der Waals surface area contributed by atoms with E-state index >= 15 is 0 Å². The summed E-state index contributed by atoms with van der Waals surface area (Å²) in [7, 11) is 0. The lowest BCUT2D eigenvalue weighted by Gasteiger charge is -2.04. The van der Waals surface area contributed by atoms with E-state index in [0.717, 1.165) is 23.8 Å². The third-order valence-electron chi connectivity index (χ3n) is 3.84. The topological polar surface area (TPSA) is 42.1 Å². The third-order valence-corrected chi connectivity index (χ3v) is 3.84. The van der Waals surface area contributed by atoms with Gasteiger partial charge < -0.3 is 9.72 Å². The highest BCUT2D eigenvalue weighted by Gasteiger charge is 2.19. The normalized spacial score (nSPS) is 10.7. The fourth-order valence-electron chi connectivity index (χ4n) is 2.68. The summed E-state index contributed by atoms with van der Waals surface area (Å²) in [6, 6.07) is 14.3. The number of hydrogen-bond donors (Lipinski definition) is 1. The van der Waals surface area contributed by atoms with Gasteiger partial charge >= 0.3 is 5.97 Å². The molecule has 0 unspecified atom stereocenters. The highest BCUT2D eigenvalue weighted by Crippen LogP contribution is 2.27. The first-order chi connectivity index (χ1) is 12.1. The molecule has 5 heteroatoms. The van der Waals surface area contributed by atoms with Gasteiger partial charge in [-0.25, -0.2) is 13.6 Å². The molecule has 3 rings (SSSR count). The van der Waals surface area contributed by atoms with Gasteiger partial charge in [-0.1, -0.05) is 30.3 Å². The number of carbonyl (C=O) groups is 1. The molecule has 0 aliphatic heterocycles. The quantitative estimate of drug-likeness (QED) is 0.682. The third kappa shape index (κ3) is 3.76. The minimum atomic E-state index is -0.565. The number of H-pyrrole nitrogens is 1. The fraction of sp³-hybridized carbons (Fsp3) is 0.150. The van der Waals surface area contributed by atoms with Gasteiger partial charge in [0.15, 0.2) is 0 Å². The number of aromatic amines is 1. The molecule has 0 aliphatic carbocycles. The van der Waals surface area contributed by atoms with Crippen LogP contribution in [0, 0.1) is 11.6 Å². The van der Waals surface area contributed by atoms with E-state index in [2.05, 4.69) is 4.98 Å². The van der Waals surface area contributed by atoms with Gasteiger partial charge in [0, 0.05) is 23.4 Å². The van der Waals surface area contributed by atoms with Gasteiger partial charge in [-0.3, -0.25) is 0 Å². The summed E-state index contributed by atoms with van der Waals surface area (Å²) in [6.45, 7) is 1.95. The van der Waals surface area contributed by atoms with Crippen LogP contribution in [0.2, 0.25) is 0 Å². The first-order valence-corrected chi connectivity index (χ1v) is 7.97. The molecule has 0 saturated carbocycles. The molecule has 0 aliphatic rings. The number of halogens is 2. The van der Waals surface area contributed by atoms with Crippen LogP contribution in [0.15, 0.2) is 54.6 Å². The monoisotopic (exact) mass is 341 g/mol. The first-order valence-electron chi connectivity index (χ1n) is 7.97. The lowest BCUT2D eigenvalue weighted by atomic mass is 10.1. The Bertz CT molecular complexity index is 888. The maximum atomic E-state index is 14.1. The van der Waals surface area contributed by atoms with Crippen molar-refractivity contribution in [3.63, 3.8) is 0 Å². The van der Waals surface area contributed by atoms with Crippen LogP contribution in [-0.2, 0) is 11.2 Å². The molecule has 2 aromatic carbocycles. The molecule has 0 amide bonds. The summed E-state index contributed by atoms with van der Waals surface area (Å²) >= 11 is 0. The van der Waals surface area contributed by atoms with Crippen LogP contribution in [0.3, 0.4) is 0 Å². The minimum absolute atomic E-state index is 0.0739. The first kappa shape index (κ1) is 16.9. The van der Waals surface area contributed by atoms with Crippen molar-refractivity contribution in [2.24, 2.45) is 0 Å². The summed E-state index contributed by atoms with van der Waals surface area (Å²) in [6.07, 6.45) is 0.450. The van der Waals surface area contributed by atoms with Crippen molar-refractivity contribution >= 4 is 5.97 Å². The van der Waals surface area contributed by atoms with E-state index in [9.17, 15) is 13.6 Å². The molecule has 1 N–H and O–H groups in total. The van der Waals surface area contributed by atoms with Crippen molar-refractivity contribution in [1.29, 1.82) is 0 Å². The molecule has 0 fully saturated rings. The second kappa shape index (κ2) is 7.30. The SMILES string of the molecule is CCOC(=O)c1cc(-c2cc(F)ccc2F)[nH]c1Cc1ccccc1. The zero-order valence-electron chi connectivity index (χ0n) is 13.7. The van der Waals surface area contributed by atoms with Crippen molar-refractivity contribution < 1.29 is 18.3 Å². The summed E-state index contributed by atoms with van der Waals surface area (Å²) < 4.78 is 32.6. The summed E-state index contributed by atoms with van der Waals surface area (Å²) in [4.78, 5) is 15.3. The zero-order chi connectivity index (χ0) is 17.8. The van der Waals surface area contributed by atoms with E-state index in [1.165, 1.54) is 6.07 Å². The van der Waals surface area contributed by atoms with E-state index in [0.29, 0.717) is 23.4 Å². The van der Waals surface area contributed by atoms with Crippen LogP contribution in [-0.4, -0.2) is 17.6 Å². The summed E-state index contributed by atoms with van der Waals surface area (Å²) in [5, 5.41) is 0. The smallest absolute Gasteiger partial charge is 0.339 e. The van der Waals surface area contributed by atoms with E-state index in [4.69, 9.17) is 4.74 Å². The van der Waals surface area contributed by atoms with Gasteiger partial charge in [0.2, 0.25) is 0 Å². The molecule has 1 aromatic heterocycles. The average molecular weight is 341 g/mol. The number of hydrogen-bond acceptors (Lipinski definition) is 2. The van der Waals surface area contributed by atoms with Crippen molar-refractivity contribution in [2.45, 2.75) is 13.3 Å². The molecule has 0 atom stereocenters. The van der Waals surface area contributed by atoms with Crippen LogP contribution in [0.4, 0.5) is 8.78 Å². The summed E-state index contributed by atoms with van der Waals surface area (Å²) in [5.74, 6) is -1.61. The Morgan fingerprint density at radius 1 is 1.08 bits per heavy atom. The predicted molar refractivity (Wildman–Crippen MR) is 91.3 cm³/mol. The predicted octanol–water partition coefficient (Wildman–Crippen LogP) is 4.73. The number of rotatable bonds is 5. The van der Waals surface area contributed by atoms with Crippen LogP contribution < -0.4 is 0 Å². The van der Waals surface area contributed by atoms with Crippen LogP contribution in [0.5, 0.6) is 0 Å². The second-order valence-electron chi connectivity index (χ2n) is 5.58. The number of ether oxygens (including phenoxy) is 1. The van der Waals surface area contributed by atoms with E-state index in [1.54, 1.807) is 6.92 Å². The molecule has 25 heavy (non-hydrogen) atoms. The maximum Gasteiger partial charge on any atom is 0.339 e. The van der Waals surface area contributed by atoms with Crippen molar-refractivity contribution in [3.8, 4) is 11.3 Å². The molecule has 1 heterocycles. The standard InChI is InChI=1S/C20H17F2NO2/c1-2-25-20(24)16-12-19(15-11-14(21)8-9-17(15)22)23-18(16)10-13-6-4-3-5-7-13/h3-9,11-12,23H,2,10H2,1H3. The Kier molecular flexibility index (Phi) is 4.93. The molecule has 0 saturated heterocycles. The average Bonchev–Trinajstić information content (AvgIpc) is 3.02. The van der Waals surface area contributed by atoms with Crippen molar-refractivity contribution in [3.05, 3.63) is 83.1 Å². The zero-order valence-corrected chi connectivity index (χ0v) is 13.7. The highest BCUT2D eigenvalue weighted by atomic mass is 19.1. The number of esters is 1. The maximum absolute atomic E-state index is 14.1. The van der Waals surface area contributed by atoms with Gasteiger partial charge in [0.25, 0.3) is 0 Å². The largest absolute Gasteiger partial charge is 0.462 e. The van der Waals surface area contributed by atoms with E-state index in [1.807, 2.05) is 30.3 Å². The Balaban J connectivity index is 2.05. The lowest BCUT2D eigenvalue weighted by molar-refractivity contribution is 0.0525. The Morgan fingerprint density at radius 2 is 1.84 bits per heavy atom. The molecule has 128 valence electrons. The Morgan fingerprint density at radius 3 is 2.56 bits per heavy atom. The minimum Gasteiger partial charge on any atom is -0.462 e. The van der Waals surface area contributed by atoms with E-state index < -0.39 is 17.6 Å². The van der Waals surface area contributed by atoms with Gasteiger partial charge in [-0.15, -0.1) is 0 Å². The van der Waals surface area contributed by atoms with Crippen molar-refractivity contribution in [1.82, 2.24) is 4.98 Å². The molecule has 0 radical (unpaired) electrons. The van der Waals surface area contributed by atoms with Gasteiger partial charge in [-0.2, -0.15) is 0 Å². The fourth-order valence-corrected chi connectivity index (χ4v) is 2.68. The van der Waals surface area contributed by atoms with E-state index in [-0.39, 0.29) is 12.2 Å². The van der Waals surface area contributed by atoms with Gasteiger partial charge in [0.05, 0.1) is 12.2 Å². The molecular weight excluding hydrogens is 324 g/mol. The summed E-state index contributed by atoms with van der Waals surface area (Å²) in [5.41, 5.74) is 2.32. The number of benzene rings is 2. The molecule has 3 nitrogen and oxygen atoms in total. The Hall–Kier alpha value is -2.95. The molecule has 3 aromatic rings. The van der Waals surface area contributed by atoms with Gasteiger partial charge in [0.1, 0.15) is 11.6 Å². The molecular formula is C20H17F2NO2. The van der Waals surface area contributed by atoms with Crippen molar-refractivity contribution in [2.75, 3.05) is 6.61 Å². The Labute approximate surface area is 144 Å². The highest BCUT2D eigenvalue weighted by molar-refractivity contribution is 5.92. The molecule has 0 bridgehead atoms. The number of carbonyl (C=O) groups excluding carboxylic acids is 1. The van der Waals surface area contributed by atoms with Gasteiger partial charge in [-0.05, 0) is 36.8 Å². The van der Waals surface area contributed by atoms with Crippen LogP contribution in [0.1, 0.15) is 28.5 Å². The van der Waals surface area contributed by atoms with Crippen LogP contribution in [0.25, 0.3) is 11.3 Å². The number of nitrogens with one attached hydrogen (secondary N) is 1. The lowest BCUT2D eigenvalue weighted by Crippen LogP contribution is -2.06. The number of aromatic nitrogens is 1. The molecule has 0 spiro atoms.